The maximum absolute atomic E-state index is 12.1. The van der Waals surface area contributed by atoms with Crippen molar-refractivity contribution in [1.29, 1.82) is 0 Å². The minimum atomic E-state index is 0.117. The Hall–Kier alpha value is -0.830. The summed E-state index contributed by atoms with van der Waals surface area (Å²) in [6.45, 7) is 6.44. The van der Waals surface area contributed by atoms with Gasteiger partial charge in [0, 0.05) is 16.3 Å². The van der Waals surface area contributed by atoms with E-state index in [9.17, 15) is 4.79 Å². The molecule has 0 spiro atoms. The normalized spacial score (nSPS) is 20.8. The molecular weight excluding hydrogens is 230 g/mol. The van der Waals surface area contributed by atoms with Gasteiger partial charge >= 0.3 is 0 Å². The van der Waals surface area contributed by atoms with Crippen LogP contribution >= 0.6 is 11.3 Å². The van der Waals surface area contributed by atoms with Crippen LogP contribution in [-0.2, 0) is 12.8 Å². The molecular formula is C14H21NOS. The molecule has 0 aliphatic heterocycles. The first-order valence-electron chi connectivity index (χ1n) is 6.51. The third kappa shape index (κ3) is 2.71. The van der Waals surface area contributed by atoms with Crippen LogP contribution in [0.25, 0.3) is 0 Å². The molecule has 17 heavy (non-hydrogen) atoms. The summed E-state index contributed by atoms with van der Waals surface area (Å²) >= 11 is 1.76. The van der Waals surface area contributed by atoms with Crippen LogP contribution in [0, 0.1) is 5.92 Å². The monoisotopic (exact) mass is 251 g/mol. The molecule has 0 saturated carbocycles. The van der Waals surface area contributed by atoms with Gasteiger partial charge in [-0.2, -0.15) is 0 Å². The van der Waals surface area contributed by atoms with E-state index in [-0.39, 0.29) is 11.9 Å². The lowest BCUT2D eigenvalue weighted by molar-refractivity contribution is 0.0938. The van der Waals surface area contributed by atoms with Crippen molar-refractivity contribution in [3.63, 3.8) is 0 Å². The predicted molar refractivity (Wildman–Crippen MR) is 72.7 cm³/mol. The van der Waals surface area contributed by atoms with Gasteiger partial charge in [-0.25, -0.2) is 0 Å². The molecule has 0 radical (unpaired) electrons. The second kappa shape index (κ2) is 5.21. The number of fused-ring (bicyclic) bond motifs is 1. The van der Waals surface area contributed by atoms with Gasteiger partial charge in [0.05, 0.1) is 5.56 Å². The van der Waals surface area contributed by atoms with Crippen LogP contribution < -0.4 is 5.32 Å². The molecule has 3 heteroatoms. The Bertz CT molecular complexity index is 410. The Morgan fingerprint density at radius 1 is 1.65 bits per heavy atom. The van der Waals surface area contributed by atoms with E-state index in [2.05, 4.69) is 26.1 Å². The van der Waals surface area contributed by atoms with Crippen LogP contribution in [0.4, 0.5) is 0 Å². The largest absolute Gasteiger partial charge is 0.350 e. The van der Waals surface area contributed by atoms with Crippen molar-refractivity contribution in [1.82, 2.24) is 5.32 Å². The fraction of sp³-hybridized carbons (Fsp3) is 0.643. The fourth-order valence-electron chi connectivity index (χ4n) is 2.27. The van der Waals surface area contributed by atoms with E-state index in [1.54, 1.807) is 11.3 Å². The van der Waals surface area contributed by atoms with E-state index in [4.69, 9.17) is 0 Å². The summed E-state index contributed by atoms with van der Waals surface area (Å²) in [7, 11) is 0. The minimum Gasteiger partial charge on any atom is -0.350 e. The molecule has 94 valence electrons. The van der Waals surface area contributed by atoms with E-state index in [1.807, 2.05) is 5.38 Å². The minimum absolute atomic E-state index is 0.117. The fourth-order valence-corrected chi connectivity index (χ4v) is 3.52. The van der Waals surface area contributed by atoms with Crippen molar-refractivity contribution in [2.24, 2.45) is 5.92 Å². The smallest absolute Gasteiger partial charge is 0.252 e. The second-order valence-corrected chi connectivity index (χ2v) is 6.15. The number of amides is 1. The number of thiophene rings is 1. The lowest BCUT2D eigenvalue weighted by atomic mass is 9.88. The van der Waals surface area contributed by atoms with Crippen molar-refractivity contribution >= 4 is 17.2 Å². The molecule has 1 N–H and O–H groups in total. The van der Waals surface area contributed by atoms with Gasteiger partial charge in [0.1, 0.15) is 0 Å². The molecule has 2 unspecified atom stereocenters. The quantitative estimate of drug-likeness (QED) is 0.876. The zero-order valence-electron chi connectivity index (χ0n) is 10.9. The topological polar surface area (TPSA) is 29.1 Å². The maximum Gasteiger partial charge on any atom is 0.252 e. The number of rotatable bonds is 3. The van der Waals surface area contributed by atoms with E-state index in [0.29, 0.717) is 0 Å². The number of carbonyl (C=O) groups excluding carboxylic acids is 1. The Kier molecular flexibility index (Phi) is 3.87. The standard InChI is InChI=1S/C14H21NOS/c1-4-10(3)15-14(16)12-8-17-13-7-9(2)5-6-11(12)13/h8-10H,4-7H2,1-3H3,(H,15,16). The molecule has 0 saturated heterocycles. The van der Waals surface area contributed by atoms with Crippen LogP contribution in [0.2, 0.25) is 0 Å². The number of nitrogens with one attached hydrogen (secondary N) is 1. The summed E-state index contributed by atoms with van der Waals surface area (Å²) in [6, 6.07) is 0.264. The molecule has 0 bridgehead atoms. The molecule has 1 aromatic rings. The highest BCUT2D eigenvalue weighted by atomic mass is 32.1. The van der Waals surface area contributed by atoms with Gasteiger partial charge in [0.15, 0.2) is 0 Å². The van der Waals surface area contributed by atoms with E-state index < -0.39 is 0 Å². The summed E-state index contributed by atoms with van der Waals surface area (Å²) in [5.41, 5.74) is 2.24. The molecule has 1 aliphatic carbocycles. The van der Waals surface area contributed by atoms with Crippen molar-refractivity contribution in [2.75, 3.05) is 0 Å². The molecule has 1 aromatic heterocycles. The van der Waals surface area contributed by atoms with Crippen LogP contribution in [0.1, 0.15) is 54.4 Å². The van der Waals surface area contributed by atoms with Gasteiger partial charge in [0.2, 0.25) is 0 Å². The lowest BCUT2D eigenvalue weighted by Gasteiger charge is -2.19. The average Bonchev–Trinajstić information content (AvgIpc) is 2.71. The lowest BCUT2D eigenvalue weighted by Crippen LogP contribution is -2.32. The summed E-state index contributed by atoms with van der Waals surface area (Å²) in [4.78, 5) is 13.6. The van der Waals surface area contributed by atoms with Crippen molar-refractivity contribution < 1.29 is 4.79 Å². The number of hydrogen-bond acceptors (Lipinski definition) is 2. The first kappa shape index (κ1) is 12.6. The molecule has 2 nitrogen and oxygen atoms in total. The zero-order valence-corrected chi connectivity index (χ0v) is 11.7. The molecule has 1 aliphatic rings. The highest BCUT2D eigenvalue weighted by molar-refractivity contribution is 7.10. The van der Waals surface area contributed by atoms with Gasteiger partial charge in [-0.1, -0.05) is 13.8 Å². The molecule has 0 aromatic carbocycles. The van der Waals surface area contributed by atoms with Crippen LogP contribution in [0.3, 0.4) is 0 Å². The predicted octanol–water partition coefficient (Wildman–Crippen LogP) is 3.40. The van der Waals surface area contributed by atoms with E-state index in [0.717, 1.165) is 30.7 Å². The maximum atomic E-state index is 12.1. The first-order valence-corrected chi connectivity index (χ1v) is 7.39. The Balaban J connectivity index is 2.14. The highest BCUT2D eigenvalue weighted by Gasteiger charge is 2.23. The van der Waals surface area contributed by atoms with Crippen LogP contribution in [-0.4, -0.2) is 11.9 Å². The van der Waals surface area contributed by atoms with Gasteiger partial charge < -0.3 is 5.32 Å². The third-order valence-electron chi connectivity index (χ3n) is 3.64. The first-order chi connectivity index (χ1) is 8.11. The van der Waals surface area contributed by atoms with Crippen molar-refractivity contribution in [2.45, 2.75) is 52.5 Å². The van der Waals surface area contributed by atoms with Gasteiger partial charge in [-0.3, -0.25) is 4.79 Å². The summed E-state index contributed by atoms with van der Waals surface area (Å²) in [5.74, 6) is 0.887. The average molecular weight is 251 g/mol. The van der Waals surface area contributed by atoms with Crippen LogP contribution in [0.5, 0.6) is 0 Å². The van der Waals surface area contributed by atoms with E-state index in [1.165, 1.54) is 16.9 Å². The summed E-state index contributed by atoms with van der Waals surface area (Å²) < 4.78 is 0. The highest BCUT2D eigenvalue weighted by Crippen LogP contribution is 2.32. The Morgan fingerprint density at radius 2 is 2.41 bits per heavy atom. The second-order valence-electron chi connectivity index (χ2n) is 5.18. The summed E-state index contributed by atoms with van der Waals surface area (Å²) in [5, 5.41) is 5.10. The molecule has 0 fully saturated rings. The number of hydrogen-bond donors (Lipinski definition) is 1. The number of carbonyl (C=O) groups is 1. The zero-order chi connectivity index (χ0) is 12.4. The Labute approximate surface area is 107 Å². The molecule has 1 heterocycles. The summed E-state index contributed by atoms with van der Waals surface area (Å²) in [6.07, 6.45) is 4.42. The third-order valence-corrected chi connectivity index (χ3v) is 4.69. The molecule has 2 atom stereocenters. The SMILES string of the molecule is CCC(C)NC(=O)c1csc2c1CCC(C)C2. The van der Waals surface area contributed by atoms with Crippen molar-refractivity contribution in [3.05, 3.63) is 21.4 Å². The van der Waals surface area contributed by atoms with Crippen molar-refractivity contribution in [3.8, 4) is 0 Å². The van der Waals surface area contributed by atoms with Gasteiger partial charge in [0.25, 0.3) is 5.91 Å². The van der Waals surface area contributed by atoms with Crippen LogP contribution in [0.15, 0.2) is 5.38 Å². The van der Waals surface area contributed by atoms with E-state index >= 15 is 0 Å². The Morgan fingerprint density at radius 3 is 3.12 bits per heavy atom. The molecule has 1 amide bonds. The molecule has 2 rings (SSSR count). The van der Waals surface area contributed by atoms with Gasteiger partial charge in [-0.05, 0) is 44.1 Å². The van der Waals surface area contributed by atoms with Gasteiger partial charge in [-0.15, -0.1) is 11.3 Å².